The van der Waals surface area contributed by atoms with Crippen LogP contribution in [0, 0.1) is 23.7 Å². The Balaban J connectivity index is 1.84. The summed E-state index contributed by atoms with van der Waals surface area (Å²) in [5.41, 5.74) is 0. The third kappa shape index (κ3) is 1.76. The van der Waals surface area contributed by atoms with E-state index in [1.807, 2.05) is 0 Å². The summed E-state index contributed by atoms with van der Waals surface area (Å²) in [6.45, 7) is 4.72. The lowest BCUT2D eigenvalue weighted by atomic mass is 9.57. The van der Waals surface area contributed by atoms with Crippen molar-refractivity contribution in [3.63, 3.8) is 0 Å². The van der Waals surface area contributed by atoms with E-state index in [4.69, 9.17) is 0 Å². The van der Waals surface area contributed by atoms with Crippen molar-refractivity contribution in [2.75, 3.05) is 0 Å². The highest BCUT2D eigenvalue weighted by molar-refractivity contribution is 5.01. The summed E-state index contributed by atoms with van der Waals surface area (Å²) in [5, 5.41) is 0. The summed E-state index contributed by atoms with van der Waals surface area (Å²) >= 11 is 0. The molecule has 0 aromatic rings. The maximum atomic E-state index is 2.39. The van der Waals surface area contributed by atoms with Gasteiger partial charge in [0.05, 0.1) is 0 Å². The molecule has 0 spiro atoms. The van der Waals surface area contributed by atoms with Crippen LogP contribution in [0.25, 0.3) is 0 Å². The van der Waals surface area contributed by atoms with Crippen LogP contribution >= 0.6 is 0 Å². The fraction of sp³-hybridized carbons (Fsp3) is 0.857. The van der Waals surface area contributed by atoms with E-state index in [0.29, 0.717) is 0 Å². The Morgan fingerprint density at radius 1 is 1.14 bits per heavy atom. The molecule has 0 aliphatic heterocycles. The number of hydrogen-bond donors (Lipinski definition) is 0. The molecule has 0 N–H and O–H groups in total. The van der Waals surface area contributed by atoms with Gasteiger partial charge < -0.3 is 0 Å². The van der Waals surface area contributed by atoms with Crippen LogP contribution in [-0.4, -0.2) is 0 Å². The summed E-state index contributed by atoms with van der Waals surface area (Å²) in [5.74, 6) is 4.25. The van der Waals surface area contributed by atoms with E-state index >= 15 is 0 Å². The fourth-order valence-corrected chi connectivity index (χ4v) is 3.72. The lowest BCUT2D eigenvalue weighted by Crippen LogP contribution is -2.40. The molecule has 1 saturated carbocycles. The van der Waals surface area contributed by atoms with Crippen LogP contribution in [0.4, 0.5) is 0 Å². The molecule has 1 fully saturated rings. The van der Waals surface area contributed by atoms with Gasteiger partial charge >= 0.3 is 0 Å². The summed E-state index contributed by atoms with van der Waals surface area (Å²) in [6.07, 6.45) is 13.4. The minimum absolute atomic E-state index is 1.02. The van der Waals surface area contributed by atoms with E-state index in [9.17, 15) is 0 Å². The summed E-state index contributed by atoms with van der Waals surface area (Å²) in [4.78, 5) is 0. The average molecular weight is 192 g/mol. The molecule has 0 aromatic heterocycles. The van der Waals surface area contributed by atoms with Crippen LogP contribution in [0.15, 0.2) is 12.2 Å². The van der Waals surface area contributed by atoms with Gasteiger partial charge in [0.15, 0.2) is 0 Å². The third-order valence-electron chi connectivity index (χ3n) is 4.51. The van der Waals surface area contributed by atoms with Crippen molar-refractivity contribution in [1.29, 1.82) is 0 Å². The largest absolute Gasteiger partial charge is 0.0882 e. The molecule has 3 atom stereocenters. The van der Waals surface area contributed by atoms with E-state index in [2.05, 4.69) is 26.0 Å². The van der Waals surface area contributed by atoms with Crippen LogP contribution in [0.3, 0.4) is 0 Å². The van der Waals surface area contributed by atoms with Gasteiger partial charge in [0.2, 0.25) is 0 Å². The Hall–Kier alpha value is -0.260. The lowest BCUT2D eigenvalue weighted by molar-refractivity contribution is 0.0178. The first kappa shape index (κ1) is 10.3. The first-order valence-electron chi connectivity index (χ1n) is 6.51. The quantitative estimate of drug-likeness (QED) is 0.579. The molecular formula is C14H24. The van der Waals surface area contributed by atoms with Crippen molar-refractivity contribution in [3.05, 3.63) is 12.2 Å². The van der Waals surface area contributed by atoms with Crippen molar-refractivity contribution in [2.45, 2.75) is 52.4 Å². The predicted molar refractivity (Wildman–Crippen MR) is 62.2 cm³/mol. The van der Waals surface area contributed by atoms with Crippen molar-refractivity contribution in [3.8, 4) is 0 Å². The molecule has 0 heteroatoms. The number of hydrogen-bond acceptors (Lipinski definition) is 0. The third-order valence-corrected chi connectivity index (χ3v) is 4.51. The van der Waals surface area contributed by atoms with Crippen molar-refractivity contribution >= 4 is 0 Å². The summed E-state index contributed by atoms with van der Waals surface area (Å²) < 4.78 is 0. The molecule has 0 saturated heterocycles. The van der Waals surface area contributed by atoms with Gasteiger partial charge in [-0.05, 0) is 42.9 Å². The van der Waals surface area contributed by atoms with E-state index in [0.717, 1.165) is 23.7 Å². The molecule has 0 aromatic carbocycles. The molecule has 0 amide bonds. The summed E-state index contributed by atoms with van der Waals surface area (Å²) in [7, 11) is 0. The molecule has 2 unspecified atom stereocenters. The Bertz CT molecular complexity index is 196. The molecule has 2 aliphatic rings. The van der Waals surface area contributed by atoms with E-state index in [1.54, 1.807) is 6.42 Å². The van der Waals surface area contributed by atoms with Gasteiger partial charge in [-0.25, -0.2) is 0 Å². The van der Waals surface area contributed by atoms with E-state index in [-0.39, 0.29) is 0 Å². The molecule has 2 aliphatic carbocycles. The minimum atomic E-state index is 1.02. The summed E-state index contributed by atoms with van der Waals surface area (Å²) in [6, 6.07) is 0. The maximum absolute atomic E-state index is 2.39. The zero-order valence-corrected chi connectivity index (χ0v) is 9.71. The maximum Gasteiger partial charge on any atom is -0.0314 e. The molecule has 0 radical (unpaired) electrons. The van der Waals surface area contributed by atoms with Crippen LogP contribution in [0.1, 0.15) is 52.4 Å². The Morgan fingerprint density at radius 3 is 2.43 bits per heavy atom. The zero-order chi connectivity index (χ0) is 9.97. The van der Waals surface area contributed by atoms with Gasteiger partial charge in [-0.3, -0.25) is 0 Å². The smallest absolute Gasteiger partial charge is 0.0314 e. The fourth-order valence-electron chi connectivity index (χ4n) is 3.72. The van der Waals surface area contributed by atoms with Crippen molar-refractivity contribution < 1.29 is 0 Å². The normalized spacial score (nSPS) is 37.4. The van der Waals surface area contributed by atoms with Gasteiger partial charge in [0.25, 0.3) is 0 Å². The highest BCUT2D eigenvalue weighted by Crippen LogP contribution is 2.51. The molecule has 0 heterocycles. The predicted octanol–water partition coefficient (Wildman–Crippen LogP) is 4.42. The minimum Gasteiger partial charge on any atom is -0.0882 e. The topological polar surface area (TPSA) is 0 Å². The van der Waals surface area contributed by atoms with Gasteiger partial charge in [0.1, 0.15) is 0 Å². The number of allylic oxidation sites excluding steroid dienone is 2. The van der Waals surface area contributed by atoms with Crippen molar-refractivity contribution in [2.24, 2.45) is 23.7 Å². The van der Waals surface area contributed by atoms with Crippen LogP contribution < -0.4 is 0 Å². The standard InChI is InChI=1S/C14H24/c1-3-7-12-10-14(13(12)4-2)11-8-5-6-9-11/h5-6,11-14H,3-4,7-10H2,1-2H3/t12-,13?,14?/m1/s1. The van der Waals surface area contributed by atoms with E-state index in [1.165, 1.54) is 32.1 Å². The average Bonchev–Trinajstić information content (AvgIpc) is 2.65. The molecule has 80 valence electrons. The van der Waals surface area contributed by atoms with Crippen molar-refractivity contribution in [1.82, 2.24) is 0 Å². The SMILES string of the molecule is CCC[C@@H]1CC(C2CC=CC2)C1CC. The Kier molecular flexibility index (Phi) is 3.30. The highest BCUT2D eigenvalue weighted by Gasteiger charge is 2.42. The second-order valence-electron chi connectivity index (χ2n) is 5.22. The lowest BCUT2D eigenvalue weighted by Gasteiger charge is -2.48. The highest BCUT2D eigenvalue weighted by atomic mass is 14.5. The van der Waals surface area contributed by atoms with Gasteiger partial charge in [-0.1, -0.05) is 45.3 Å². The second-order valence-corrected chi connectivity index (χ2v) is 5.22. The van der Waals surface area contributed by atoms with E-state index < -0.39 is 0 Å². The van der Waals surface area contributed by atoms with Gasteiger partial charge in [0, 0.05) is 0 Å². The van der Waals surface area contributed by atoms with Gasteiger partial charge in [-0.15, -0.1) is 0 Å². The molecule has 0 nitrogen and oxygen atoms in total. The Labute approximate surface area is 88.8 Å². The zero-order valence-electron chi connectivity index (χ0n) is 9.71. The Morgan fingerprint density at radius 2 is 1.86 bits per heavy atom. The van der Waals surface area contributed by atoms with Crippen LogP contribution in [0.5, 0.6) is 0 Å². The molecular weight excluding hydrogens is 168 g/mol. The molecule has 2 rings (SSSR count). The molecule has 14 heavy (non-hydrogen) atoms. The van der Waals surface area contributed by atoms with Crippen LogP contribution in [0.2, 0.25) is 0 Å². The first-order valence-corrected chi connectivity index (χ1v) is 6.51. The monoisotopic (exact) mass is 192 g/mol. The first-order chi connectivity index (χ1) is 6.86. The van der Waals surface area contributed by atoms with Gasteiger partial charge in [-0.2, -0.15) is 0 Å². The molecule has 0 bridgehead atoms. The second kappa shape index (κ2) is 4.51. The van der Waals surface area contributed by atoms with Crippen LogP contribution in [-0.2, 0) is 0 Å². The number of rotatable bonds is 4.